The summed E-state index contributed by atoms with van der Waals surface area (Å²) >= 11 is 0. The van der Waals surface area contributed by atoms with Crippen molar-refractivity contribution in [3.8, 4) is 0 Å². The first-order chi connectivity index (χ1) is 7.12. The molecule has 0 radical (unpaired) electrons. The highest BCUT2D eigenvalue weighted by molar-refractivity contribution is 7.89. The van der Waals surface area contributed by atoms with Crippen molar-refractivity contribution in [3.05, 3.63) is 0 Å². The number of hydrogen-bond acceptors (Lipinski definition) is 3. The lowest BCUT2D eigenvalue weighted by atomic mass is 9.93. The molecule has 0 unspecified atom stereocenters. The fraction of sp³-hybridized carbons (Fsp3) is 1.00. The molecule has 0 aromatic heterocycles. The van der Waals surface area contributed by atoms with Crippen LogP contribution in [0.2, 0.25) is 0 Å². The number of sulfonamides is 1. The maximum Gasteiger partial charge on any atom is 0.211 e. The van der Waals surface area contributed by atoms with E-state index in [0.29, 0.717) is 5.92 Å². The molecule has 1 aliphatic heterocycles. The lowest BCUT2D eigenvalue weighted by Crippen LogP contribution is -2.33. The van der Waals surface area contributed by atoms with Crippen LogP contribution < -0.4 is 10.0 Å². The Bertz CT molecular complexity index is 309. The number of hydrogen-bond donors (Lipinski definition) is 2. The van der Waals surface area contributed by atoms with Crippen LogP contribution in [0.15, 0.2) is 0 Å². The quantitative estimate of drug-likeness (QED) is 0.733. The predicted octanol–water partition coefficient (Wildman–Crippen LogP) is 0.314. The Balaban J connectivity index is 1.80. The Labute approximate surface area is 91.9 Å². The van der Waals surface area contributed by atoms with Crippen LogP contribution in [-0.4, -0.2) is 33.3 Å². The van der Waals surface area contributed by atoms with Crippen LogP contribution in [0.4, 0.5) is 0 Å². The molecule has 1 heterocycles. The van der Waals surface area contributed by atoms with Crippen LogP contribution in [-0.2, 0) is 10.0 Å². The fourth-order valence-corrected chi connectivity index (χ4v) is 3.36. The van der Waals surface area contributed by atoms with Crippen molar-refractivity contribution in [2.75, 3.05) is 18.8 Å². The van der Waals surface area contributed by atoms with E-state index in [4.69, 9.17) is 0 Å². The van der Waals surface area contributed by atoms with E-state index in [9.17, 15) is 8.42 Å². The Hall–Kier alpha value is -0.130. The molecule has 0 bridgehead atoms. The molecular formula is C10H20N2O2S. The summed E-state index contributed by atoms with van der Waals surface area (Å²) in [7, 11) is -2.99. The minimum atomic E-state index is -2.99. The average Bonchev–Trinajstić information content (AvgIpc) is 2.98. The second kappa shape index (κ2) is 4.39. The summed E-state index contributed by atoms with van der Waals surface area (Å²) in [6.45, 7) is 3.87. The lowest BCUT2D eigenvalue weighted by Gasteiger charge is -2.22. The third kappa shape index (κ3) is 2.92. The van der Waals surface area contributed by atoms with E-state index >= 15 is 0 Å². The predicted molar refractivity (Wildman–Crippen MR) is 60.1 cm³/mol. The van der Waals surface area contributed by atoms with Gasteiger partial charge in [0.05, 0.1) is 5.75 Å². The summed E-state index contributed by atoms with van der Waals surface area (Å²) in [5.74, 6) is 1.53. The summed E-state index contributed by atoms with van der Waals surface area (Å²) in [5.41, 5.74) is 0. The van der Waals surface area contributed by atoms with Crippen molar-refractivity contribution in [1.29, 1.82) is 0 Å². The molecule has 2 fully saturated rings. The zero-order chi connectivity index (χ0) is 10.9. The maximum absolute atomic E-state index is 11.4. The van der Waals surface area contributed by atoms with Crippen molar-refractivity contribution in [2.45, 2.75) is 32.2 Å². The first-order valence-corrected chi connectivity index (χ1v) is 7.48. The molecule has 0 aromatic rings. The van der Waals surface area contributed by atoms with Crippen molar-refractivity contribution in [2.24, 2.45) is 11.8 Å². The van der Waals surface area contributed by atoms with Crippen molar-refractivity contribution < 1.29 is 8.42 Å². The van der Waals surface area contributed by atoms with Crippen LogP contribution in [0.25, 0.3) is 0 Å². The van der Waals surface area contributed by atoms with Crippen LogP contribution in [0.1, 0.15) is 26.2 Å². The second-order valence-electron chi connectivity index (χ2n) is 4.61. The van der Waals surface area contributed by atoms with Crippen molar-refractivity contribution in [3.63, 3.8) is 0 Å². The molecule has 2 rings (SSSR count). The highest BCUT2D eigenvalue weighted by atomic mass is 32.2. The maximum atomic E-state index is 11.4. The Morgan fingerprint density at radius 1 is 1.33 bits per heavy atom. The first kappa shape index (κ1) is 11.4. The van der Waals surface area contributed by atoms with Crippen LogP contribution in [0.3, 0.4) is 0 Å². The third-order valence-corrected chi connectivity index (χ3v) is 4.96. The van der Waals surface area contributed by atoms with Gasteiger partial charge in [0.1, 0.15) is 0 Å². The molecule has 2 aliphatic rings. The topological polar surface area (TPSA) is 58.2 Å². The SMILES string of the molecule is CCS(=O)(=O)N[C@@H]1C[C@H]1C1CCNCC1. The van der Waals surface area contributed by atoms with E-state index in [0.717, 1.165) is 25.4 Å². The Morgan fingerprint density at radius 3 is 2.60 bits per heavy atom. The summed E-state index contributed by atoms with van der Waals surface area (Å²) in [6, 6.07) is 0.234. The fourth-order valence-electron chi connectivity index (χ4n) is 2.46. The molecule has 88 valence electrons. The Kier molecular flexibility index (Phi) is 3.33. The van der Waals surface area contributed by atoms with Gasteiger partial charge >= 0.3 is 0 Å². The van der Waals surface area contributed by atoms with E-state index in [-0.39, 0.29) is 11.8 Å². The molecule has 1 saturated heterocycles. The van der Waals surface area contributed by atoms with Crippen LogP contribution in [0, 0.1) is 11.8 Å². The summed E-state index contributed by atoms with van der Waals surface area (Å²) in [6.07, 6.45) is 3.45. The molecule has 0 amide bonds. The molecule has 1 aliphatic carbocycles. The van der Waals surface area contributed by atoms with E-state index in [1.54, 1.807) is 6.92 Å². The summed E-state index contributed by atoms with van der Waals surface area (Å²) in [5, 5.41) is 3.33. The van der Waals surface area contributed by atoms with Gasteiger partial charge in [-0.1, -0.05) is 0 Å². The van der Waals surface area contributed by atoms with Crippen molar-refractivity contribution >= 4 is 10.0 Å². The van der Waals surface area contributed by atoms with Gasteiger partial charge < -0.3 is 5.32 Å². The average molecular weight is 232 g/mol. The largest absolute Gasteiger partial charge is 0.317 e. The molecule has 0 aromatic carbocycles. The highest BCUT2D eigenvalue weighted by Gasteiger charge is 2.44. The van der Waals surface area contributed by atoms with Gasteiger partial charge in [-0.05, 0) is 51.1 Å². The molecule has 5 heteroatoms. The van der Waals surface area contributed by atoms with Gasteiger partial charge in [-0.25, -0.2) is 13.1 Å². The zero-order valence-corrected chi connectivity index (χ0v) is 10.0. The number of nitrogens with one attached hydrogen (secondary N) is 2. The monoisotopic (exact) mass is 232 g/mol. The third-order valence-electron chi connectivity index (χ3n) is 3.54. The second-order valence-corrected chi connectivity index (χ2v) is 6.66. The molecule has 2 N–H and O–H groups in total. The Morgan fingerprint density at radius 2 is 2.00 bits per heavy atom. The van der Waals surface area contributed by atoms with E-state index in [2.05, 4.69) is 10.0 Å². The van der Waals surface area contributed by atoms with E-state index in [1.807, 2.05) is 0 Å². The molecular weight excluding hydrogens is 212 g/mol. The minimum absolute atomic E-state index is 0.197. The van der Waals surface area contributed by atoms with Crippen LogP contribution >= 0.6 is 0 Å². The molecule has 0 spiro atoms. The highest BCUT2D eigenvalue weighted by Crippen LogP contribution is 2.41. The van der Waals surface area contributed by atoms with Gasteiger partial charge in [-0.15, -0.1) is 0 Å². The molecule has 1 saturated carbocycles. The number of piperidine rings is 1. The van der Waals surface area contributed by atoms with E-state index in [1.165, 1.54) is 12.8 Å². The normalized spacial score (nSPS) is 32.9. The zero-order valence-electron chi connectivity index (χ0n) is 9.20. The van der Waals surface area contributed by atoms with Gasteiger partial charge in [0.2, 0.25) is 10.0 Å². The smallest absolute Gasteiger partial charge is 0.211 e. The van der Waals surface area contributed by atoms with E-state index < -0.39 is 10.0 Å². The van der Waals surface area contributed by atoms with Crippen LogP contribution in [0.5, 0.6) is 0 Å². The molecule has 4 nitrogen and oxygen atoms in total. The van der Waals surface area contributed by atoms with Gasteiger partial charge in [0.25, 0.3) is 0 Å². The van der Waals surface area contributed by atoms with Gasteiger partial charge in [0.15, 0.2) is 0 Å². The number of rotatable bonds is 4. The lowest BCUT2D eigenvalue weighted by molar-refractivity contribution is 0.330. The molecule has 2 atom stereocenters. The summed E-state index contributed by atoms with van der Waals surface area (Å²) < 4.78 is 25.5. The van der Waals surface area contributed by atoms with Gasteiger partial charge in [0, 0.05) is 6.04 Å². The first-order valence-electron chi connectivity index (χ1n) is 5.83. The standard InChI is InChI=1S/C10H20N2O2S/c1-2-15(13,14)12-10-7-9(10)8-3-5-11-6-4-8/h8-12H,2-7H2,1H3/t9-,10+/m0/s1. The van der Waals surface area contributed by atoms with Gasteiger partial charge in [-0.2, -0.15) is 0 Å². The van der Waals surface area contributed by atoms with Crippen molar-refractivity contribution in [1.82, 2.24) is 10.0 Å². The summed E-state index contributed by atoms with van der Waals surface area (Å²) in [4.78, 5) is 0. The van der Waals surface area contributed by atoms with Gasteiger partial charge in [-0.3, -0.25) is 0 Å². The minimum Gasteiger partial charge on any atom is -0.317 e. The molecule has 15 heavy (non-hydrogen) atoms.